The molecule has 14 rings (SSSR count). The maximum Gasteiger partial charge on any atom is 0.150 e. The molecule has 4 nitrogen and oxygen atoms in total. The molecule has 0 aliphatic carbocycles. The molecule has 10 aromatic carbocycles. The number of rotatable bonds is 5. The van der Waals surface area contributed by atoms with Crippen molar-refractivity contribution >= 4 is 82.5 Å². The van der Waals surface area contributed by atoms with Crippen LogP contribution in [-0.2, 0) is 0 Å². The van der Waals surface area contributed by atoms with Gasteiger partial charge in [0.15, 0.2) is 11.4 Å². The minimum absolute atomic E-state index is 0.538. The molecule has 0 amide bonds. The number of quaternary nitrogens is 1. The minimum Gasteiger partial charge on any atom is -0.309 e. The Morgan fingerprint density at radius 2 is 0.554 bits per heavy atom. The second kappa shape index (κ2) is 13.5. The van der Waals surface area contributed by atoms with Crippen LogP contribution >= 0.6 is 0 Å². The molecule has 0 saturated heterocycles. The zero-order chi connectivity index (χ0) is 42.8. The molecular weight excluding hydrogens is 789 g/mol. The summed E-state index contributed by atoms with van der Waals surface area (Å²) in [6.45, 7) is 0. The normalized spacial score (nSPS) is 13.1. The monoisotopic (exact) mass is 829 g/mol. The lowest BCUT2D eigenvalue weighted by atomic mass is 10.0. The molecule has 0 saturated carbocycles. The highest BCUT2D eigenvalue weighted by Gasteiger charge is 2.42. The predicted molar refractivity (Wildman–Crippen MR) is 274 cm³/mol. The molecule has 0 spiro atoms. The number of hydrogen-bond acceptors (Lipinski definition) is 0. The predicted octanol–water partition coefficient (Wildman–Crippen LogP) is 16.2. The minimum atomic E-state index is 0.538. The quantitative estimate of drug-likeness (QED) is 0.154. The van der Waals surface area contributed by atoms with Crippen molar-refractivity contribution in [1.29, 1.82) is 0 Å². The fourth-order valence-electron chi connectivity index (χ4n) is 11.4. The first-order valence-corrected chi connectivity index (χ1v) is 22.5. The Kier molecular flexibility index (Phi) is 7.51. The van der Waals surface area contributed by atoms with Crippen molar-refractivity contribution in [2.24, 2.45) is 0 Å². The Labute approximate surface area is 375 Å². The van der Waals surface area contributed by atoms with Gasteiger partial charge in [-0.1, -0.05) is 133 Å². The van der Waals surface area contributed by atoms with E-state index in [1.807, 2.05) is 0 Å². The Balaban J connectivity index is 1.12. The molecule has 1 aliphatic rings. The van der Waals surface area contributed by atoms with E-state index in [9.17, 15) is 0 Å². The van der Waals surface area contributed by atoms with Crippen LogP contribution in [0.4, 0.5) is 17.1 Å². The second-order valence-electron chi connectivity index (χ2n) is 17.6. The number of benzene rings is 10. The summed E-state index contributed by atoms with van der Waals surface area (Å²) in [6.07, 6.45) is 0. The summed E-state index contributed by atoms with van der Waals surface area (Å²) in [5.41, 5.74) is 19.0. The standard InChI is InChI=1S/C61H41N4/c1-65(60-32-16-8-24-52(60)53-25-9-17-33-61(53)65)45-37-41(36-44(39-45)64-58-30-14-6-22-50(58)51-23-7-15-31-59(51)64)40-34-42(62-54-26-10-2-18-46(54)47-19-3-11-27-55(47)62)38-43(35-40)63-56-28-12-4-20-48(56)49-21-5-13-29-57(49)63/h2-39H,1H3/q+1. The Bertz CT molecular complexity index is 3760. The van der Waals surface area contributed by atoms with Gasteiger partial charge in [0.1, 0.15) is 5.69 Å². The van der Waals surface area contributed by atoms with Crippen LogP contribution < -0.4 is 4.48 Å². The van der Waals surface area contributed by atoms with E-state index in [2.05, 4.69) is 251 Å². The van der Waals surface area contributed by atoms with E-state index in [0.29, 0.717) is 4.48 Å². The van der Waals surface area contributed by atoms with Gasteiger partial charge in [-0.3, -0.25) is 0 Å². The van der Waals surface area contributed by atoms with Crippen molar-refractivity contribution in [2.45, 2.75) is 0 Å². The van der Waals surface area contributed by atoms with Gasteiger partial charge in [-0.25, -0.2) is 4.48 Å². The molecule has 0 atom stereocenters. The van der Waals surface area contributed by atoms with E-state index in [-0.39, 0.29) is 0 Å². The summed E-state index contributed by atoms with van der Waals surface area (Å²) in [4.78, 5) is 0. The third-order valence-corrected chi connectivity index (χ3v) is 14.2. The summed E-state index contributed by atoms with van der Waals surface area (Å²) in [5.74, 6) is 0. The average molecular weight is 830 g/mol. The van der Waals surface area contributed by atoms with Crippen molar-refractivity contribution in [3.05, 3.63) is 231 Å². The summed E-state index contributed by atoms with van der Waals surface area (Å²) in [5, 5.41) is 7.46. The summed E-state index contributed by atoms with van der Waals surface area (Å²) < 4.78 is 7.94. The van der Waals surface area contributed by atoms with Crippen molar-refractivity contribution < 1.29 is 0 Å². The van der Waals surface area contributed by atoms with Gasteiger partial charge >= 0.3 is 0 Å². The fourth-order valence-corrected chi connectivity index (χ4v) is 11.4. The fraction of sp³-hybridized carbons (Fsp3) is 0.0164. The molecule has 1 aliphatic heterocycles. The van der Waals surface area contributed by atoms with Gasteiger partial charge in [0.05, 0.1) is 45.8 Å². The molecular formula is C61H41N4+. The highest BCUT2D eigenvalue weighted by Crippen LogP contribution is 2.57. The van der Waals surface area contributed by atoms with Crippen LogP contribution in [0.25, 0.3) is 105 Å². The zero-order valence-corrected chi connectivity index (χ0v) is 35.7. The van der Waals surface area contributed by atoms with Gasteiger partial charge in [-0.15, -0.1) is 0 Å². The lowest BCUT2D eigenvalue weighted by Gasteiger charge is -2.31. The first-order valence-electron chi connectivity index (χ1n) is 22.5. The molecule has 304 valence electrons. The van der Waals surface area contributed by atoms with Crippen LogP contribution in [0, 0.1) is 0 Å². The maximum atomic E-state index is 2.47. The van der Waals surface area contributed by atoms with Gasteiger partial charge < -0.3 is 13.7 Å². The van der Waals surface area contributed by atoms with E-state index >= 15 is 0 Å². The third-order valence-electron chi connectivity index (χ3n) is 14.2. The van der Waals surface area contributed by atoms with E-state index in [1.165, 1.54) is 93.6 Å². The summed E-state index contributed by atoms with van der Waals surface area (Å²) in [6, 6.07) is 85.4. The van der Waals surface area contributed by atoms with E-state index < -0.39 is 0 Å². The summed E-state index contributed by atoms with van der Waals surface area (Å²) in [7, 11) is 2.37. The highest BCUT2D eigenvalue weighted by molar-refractivity contribution is 6.12. The van der Waals surface area contributed by atoms with Crippen LogP contribution in [0.2, 0.25) is 0 Å². The average Bonchev–Trinajstić information content (AvgIpc) is 4.08. The van der Waals surface area contributed by atoms with Crippen LogP contribution in [0.15, 0.2) is 231 Å². The lowest BCUT2D eigenvalue weighted by Crippen LogP contribution is -2.31. The van der Waals surface area contributed by atoms with Gasteiger partial charge in [0, 0.05) is 79.1 Å². The van der Waals surface area contributed by atoms with Gasteiger partial charge in [-0.05, 0) is 83.9 Å². The molecule has 0 radical (unpaired) electrons. The maximum absolute atomic E-state index is 2.47. The molecule has 0 fully saturated rings. The first kappa shape index (κ1) is 36.1. The van der Waals surface area contributed by atoms with Crippen molar-refractivity contribution in [2.75, 3.05) is 7.05 Å². The smallest absolute Gasteiger partial charge is 0.150 e. The SMILES string of the molecule is C[N+]1(c2cc(-c3cc(-n4c5ccccc5c5ccccc54)cc(-n4c5ccccc5c5ccccc54)c3)cc(-n3c4ccccc4c4ccccc43)c2)c2ccccc2-c2ccccc21. The van der Waals surface area contributed by atoms with E-state index in [1.54, 1.807) is 0 Å². The lowest BCUT2D eigenvalue weighted by molar-refractivity contribution is 0.642. The van der Waals surface area contributed by atoms with E-state index in [4.69, 9.17) is 0 Å². The third kappa shape index (κ3) is 5.06. The van der Waals surface area contributed by atoms with Gasteiger partial charge in [0.2, 0.25) is 0 Å². The van der Waals surface area contributed by atoms with Crippen molar-refractivity contribution in [3.8, 4) is 39.3 Å². The first-order chi connectivity index (χ1) is 32.1. The number of hydrogen-bond donors (Lipinski definition) is 0. The Morgan fingerprint density at radius 1 is 0.277 bits per heavy atom. The number of aromatic nitrogens is 3. The molecule has 0 N–H and O–H groups in total. The molecule has 4 heteroatoms. The molecule has 3 aromatic heterocycles. The van der Waals surface area contributed by atoms with Crippen LogP contribution in [0.5, 0.6) is 0 Å². The Morgan fingerprint density at radius 3 is 0.908 bits per heavy atom. The van der Waals surface area contributed by atoms with Crippen LogP contribution in [-0.4, -0.2) is 20.7 Å². The summed E-state index contributed by atoms with van der Waals surface area (Å²) >= 11 is 0. The zero-order valence-electron chi connectivity index (χ0n) is 35.7. The van der Waals surface area contributed by atoms with Crippen LogP contribution in [0.3, 0.4) is 0 Å². The van der Waals surface area contributed by atoms with Crippen molar-refractivity contribution in [3.63, 3.8) is 0 Å². The van der Waals surface area contributed by atoms with E-state index in [0.717, 1.165) is 28.2 Å². The number of para-hydroxylation sites is 8. The number of nitrogens with zero attached hydrogens (tertiary/aromatic N) is 4. The van der Waals surface area contributed by atoms with Crippen LogP contribution in [0.1, 0.15) is 0 Å². The largest absolute Gasteiger partial charge is 0.309 e. The molecule has 0 bridgehead atoms. The van der Waals surface area contributed by atoms with Gasteiger partial charge in [-0.2, -0.15) is 0 Å². The Hall–Kier alpha value is -8.44. The number of fused-ring (bicyclic) bond motifs is 12. The van der Waals surface area contributed by atoms with Crippen molar-refractivity contribution in [1.82, 2.24) is 18.2 Å². The molecule has 13 aromatic rings. The van der Waals surface area contributed by atoms with Gasteiger partial charge in [0.25, 0.3) is 0 Å². The highest BCUT2D eigenvalue weighted by atomic mass is 15.4. The molecule has 0 unspecified atom stereocenters. The second-order valence-corrected chi connectivity index (χ2v) is 17.6. The molecule has 65 heavy (non-hydrogen) atoms. The molecule has 4 heterocycles. The topological polar surface area (TPSA) is 14.8 Å².